The fourth-order valence-corrected chi connectivity index (χ4v) is 2.31. The highest BCUT2D eigenvalue weighted by Gasteiger charge is 2.10. The Morgan fingerprint density at radius 3 is 2.64 bits per heavy atom. The van der Waals surface area contributed by atoms with Gasteiger partial charge in [-0.2, -0.15) is 4.98 Å². The van der Waals surface area contributed by atoms with E-state index in [0.29, 0.717) is 28.0 Å². The molecule has 25 heavy (non-hydrogen) atoms. The third kappa shape index (κ3) is 4.24. The molecule has 0 bridgehead atoms. The van der Waals surface area contributed by atoms with Crippen LogP contribution in [0.2, 0.25) is 5.02 Å². The highest BCUT2D eigenvalue weighted by Crippen LogP contribution is 2.26. The van der Waals surface area contributed by atoms with Crippen LogP contribution in [0.15, 0.2) is 60.8 Å². The molecule has 2 aromatic carbocycles. The van der Waals surface area contributed by atoms with Crippen LogP contribution in [0.3, 0.4) is 0 Å². The first-order valence-electron chi connectivity index (χ1n) is 7.46. The van der Waals surface area contributed by atoms with E-state index in [1.54, 1.807) is 30.5 Å². The number of nitrogens with one attached hydrogen (secondary N) is 2. The van der Waals surface area contributed by atoms with E-state index in [0.717, 1.165) is 5.69 Å². The topological polar surface area (TPSA) is 76.1 Å². The Bertz CT molecular complexity index is 887. The number of rotatable bonds is 5. The lowest BCUT2D eigenvalue weighted by Crippen LogP contribution is -2.03. The molecule has 0 saturated carbocycles. The molecular formula is C18H15ClN4O2. The number of hydrogen-bond donors (Lipinski definition) is 2. The second-order valence-electron chi connectivity index (χ2n) is 5.07. The number of methoxy groups -OCH3 is 1. The molecule has 2 N–H and O–H groups in total. The average Bonchev–Trinajstić information content (AvgIpc) is 2.64. The normalized spacial score (nSPS) is 10.2. The van der Waals surface area contributed by atoms with Gasteiger partial charge in [0.05, 0.1) is 23.4 Å². The van der Waals surface area contributed by atoms with Gasteiger partial charge in [0.25, 0.3) is 0 Å². The Balaban J connectivity index is 1.81. The number of halogens is 1. The summed E-state index contributed by atoms with van der Waals surface area (Å²) in [5.74, 6) is 0.544. The van der Waals surface area contributed by atoms with E-state index < -0.39 is 5.97 Å². The van der Waals surface area contributed by atoms with Gasteiger partial charge in [-0.1, -0.05) is 29.8 Å². The SMILES string of the molecule is COC(=O)c1ccc(Cl)c(Nc2ccnc(Nc3ccccc3)n2)c1. The standard InChI is InChI=1S/C18H15ClN4O2/c1-25-17(24)12-7-8-14(19)15(11-12)22-16-9-10-20-18(23-16)21-13-5-3-2-4-6-13/h2-11H,1H3,(H2,20,21,22,23). The fourth-order valence-electron chi connectivity index (χ4n) is 2.14. The summed E-state index contributed by atoms with van der Waals surface area (Å²) >= 11 is 6.19. The van der Waals surface area contributed by atoms with Crippen molar-refractivity contribution in [3.05, 3.63) is 71.4 Å². The fraction of sp³-hybridized carbons (Fsp3) is 0.0556. The smallest absolute Gasteiger partial charge is 0.337 e. The van der Waals surface area contributed by atoms with E-state index in [2.05, 4.69) is 20.6 Å². The van der Waals surface area contributed by atoms with Crippen molar-refractivity contribution < 1.29 is 9.53 Å². The van der Waals surface area contributed by atoms with Crippen LogP contribution in [-0.2, 0) is 4.74 Å². The van der Waals surface area contributed by atoms with Crippen molar-refractivity contribution >= 4 is 40.7 Å². The van der Waals surface area contributed by atoms with Crippen LogP contribution in [0.25, 0.3) is 0 Å². The number of esters is 1. The number of anilines is 4. The van der Waals surface area contributed by atoms with E-state index in [4.69, 9.17) is 16.3 Å². The molecule has 7 heteroatoms. The Kier molecular flexibility index (Phi) is 5.11. The number of benzene rings is 2. The highest BCUT2D eigenvalue weighted by atomic mass is 35.5. The summed E-state index contributed by atoms with van der Waals surface area (Å²) in [7, 11) is 1.33. The molecule has 0 spiro atoms. The molecule has 3 rings (SSSR count). The maximum atomic E-state index is 11.7. The van der Waals surface area contributed by atoms with E-state index in [-0.39, 0.29) is 0 Å². The zero-order valence-corrected chi connectivity index (χ0v) is 14.1. The van der Waals surface area contributed by atoms with Gasteiger partial charge in [0.1, 0.15) is 5.82 Å². The van der Waals surface area contributed by atoms with E-state index in [1.807, 2.05) is 30.3 Å². The van der Waals surface area contributed by atoms with Gasteiger partial charge in [0, 0.05) is 11.9 Å². The van der Waals surface area contributed by atoms with Crippen molar-refractivity contribution in [1.82, 2.24) is 9.97 Å². The summed E-state index contributed by atoms with van der Waals surface area (Å²) in [6.45, 7) is 0. The maximum absolute atomic E-state index is 11.7. The summed E-state index contributed by atoms with van der Waals surface area (Å²) in [5.41, 5.74) is 1.82. The van der Waals surface area contributed by atoms with E-state index in [9.17, 15) is 4.79 Å². The summed E-state index contributed by atoms with van der Waals surface area (Å²) in [4.78, 5) is 20.2. The third-order valence-corrected chi connectivity index (χ3v) is 3.67. The van der Waals surface area contributed by atoms with Crippen molar-refractivity contribution in [1.29, 1.82) is 0 Å². The average molecular weight is 355 g/mol. The Labute approximate surface area is 149 Å². The van der Waals surface area contributed by atoms with Crippen molar-refractivity contribution in [3.63, 3.8) is 0 Å². The van der Waals surface area contributed by atoms with Crippen LogP contribution >= 0.6 is 11.6 Å². The predicted molar refractivity (Wildman–Crippen MR) is 97.8 cm³/mol. The van der Waals surface area contributed by atoms with Crippen molar-refractivity contribution in [3.8, 4) is 0 Å². The lowest BCUT2D eigenvalue weighted by Gasteiger charge is -2.10. The van der Waals surface area contributed by atoms with Gasteiger partial charge < -0.3 is 15.4 Å². The Hall–Kier alpha value is -3.12. The molecular weight excluding hydrogens is 340 g/mol. The number of hydrogen-bond acceptors (Lipinski definition) is 6. The second kappa shape index (κ2) is 7.63. The number of carbonyl (C=O) groups is 1. The van der Waals surface area contributed by atoms with Crippen LogP contribution in [0.4, 0.5) is 23.1 Å². The predicted octanol–water partition coefficient (Wildman–Crippen LogP) is 4.40. The van der Waals surface area contributed by atoms with Crippen LogP contribution < -0.4 is 10.6 Å². The number of para-hydroxylation sites is 1. The zero-order chi connectivity index (χ0) is 17.6. The first-order valence-corrected chi connectivity index (χ1v) is 7.83. The van der Waals surface area contributed by atoms with Gasteiger partial charge in [-0.25, -0.2) is 9.78 Å². The summed E-state index contributed by atoms with van der Waals surface area (Å²) in [5, 5.41) is 6.66. The first-order chi connectivity index (χ1) is 12.2. The van der Waals surface area contributed by atoms with Gasteiger partial charge >= 0.3 is 5.97 Å². The van der Waals surface area contributed by atoms with Gasteiger partial charge in [-0.15, -0.1) is 0 Å². The molecule has 0 saturated heterocycles. The Morgan fingerprint density at radius 2 is 1.88 bits per heavy atom. The summed E-state index contributed by atoms with van der Waals surface area (Å²) in [6.07, 6.45) is 1.62. The number of ether oxygens (including phenoxy) is 1. The molecule has 0 amide bonds. The minimum Gasteiger partial charge on any atom is -0.465 e. The molecule has 126 valence electrons. The first kappa shape index (κ1) is 16.7. The molecule has 0 aliphatic rings. The molecule has 1 aromatic heterocycles. The van der Waals surface area contributed by atoms with E-state index in [1.165, 1.54) is 7.11 Å². The maximum Gasteiger partial charge on any atom is 0.337 e. The van der Waals surface area contributed by atoms with Crippen molar-refractivity contribution in [2.75, 3.05) is 17.7 Å². The highest BCUT2D eigenvalue weighted by molar-refractivity contribution is 6.33. The molecule has 0 unspecified atom stereocenters. The molecule has 6 nitrogen and oxygen atoms in total. The molecule has 0 aliphatic carbocycles. The van der Waals surface area contributed by atoms with Gasteiger partial charge in [0.2, 0.25) is 5.95 Å². The lowest BCUT2D eigenvalue weighted by atomic mass is 10.2. The molecule has 0 fully saturated rings. The second-order valence-corrected chi connectivity index (χ2v) is 5.47. The Morgan fingerprint density at radius 1 is 1.08 bits per heavy atom. The van der Waals surface area contributed by atoms with Crippen LogP contribution in [0.5, 0.6) is 0 Å². The zero-order valence-electron chi connectivity index (χ0n) is 13.4. The molecule has 3 aromatic rings. The largest absolute Gasteiger partial charge is 0.465 e. The van der Waals surface area contributed by atoms with Crippen molar-refractivity contribution in [2.24, 2.45) is 0 Å². The monoisotopic (exact) mass is 354 g/mol. The summed E-state index contributed by atoms with van der Waals surface area (Å²) < 4.78 is 4.72. The lowest BCUT2D eigenvalue weighted by molar-refractivity contribution is 0.0601. The summed E-state index contributed by atoms with van der Waals surface area (Å²) in [6, 6.07) is 16.1. The number of nitrogens with zero attached hydrogens (tertiary/aromatic N) is 2. The molecule has 0 atom stereocenters. The van der Waals surface area contributed by atoms with Crippen LogP contribution in [-0.4, -0.2) is 23.0 Å². The third-order valence-electron chi connectivity index (χ3n) is 3.34. The van der Waals surface area contributed by atoms with Crippen LogP contribution in [0.1, 0.15) is 10.4 Å². The van der Waals surface area contributed by atoms with Crippen molar-refractivity contribution in [2.45, 2.75) is 0 Å². The van der Waals surface area contributed by atoms with Gasteiger partial charge in [-0.3, -0.25) is 0 Å². The number of aromatic nitrogens is 2. The minimum absolute atomic E-state index is 0.395. The minimum atomic E-state index is -0.436. The number of carbonyl (C=O) groups excluding carboxylic acids is 1. The molecule has 0 aliphatic heterocycles. The van der Waals surface area contributed by atoms with E-state index >= 15 is 0 Å². The molecule has 1 heterocycles. The van der Waals surface area contributed by atoms with Gasteiger partial charge in [-0.05, 0) is 36.4 Å². The molecule has 0 radical (unpaired) electrons. The van der Waals surface area contributed by atoms with Gasteiger partial charge in [0.15, 0.2) is 0 Å². The quantitative estimate of drug-likeness (QED) is 0.661. The van der Waals surface area contributed by atoms with Crippen LogP contribution in [0, 0.1) is 0 Å².